The van der Waals surface area contributed by atoms with Crippen LogP contribution in [0.1, 0.15) is 19.4 Å². The lowest BCUT2D eigenvalue weighted by Gasteiger charge is -2.20. The third-order valence-electron chi connectivity index (χ3n) is 3.12. The number of hydrogen-bond donors (Lipinski definition) is 1. The monoisotopic (exact) mass is 256 g/mol. The summed E-state index contributed by atoms with van der Waals surface area (Å²) in [7, 11) is 0. The fourth-order valence-electron chi connectivity index (χ4n) is 1.97. The summed E-state index contributed by atoms with van der Waals surface area (Å²) in [5.74, 6) is 1.59. The molecule has 2 aromatic rings. The van der Waals surface area contributed by atoms with Crippen molar-refractivity contribution in [1.29, 1.82) is 0 Å². The highest BCUT2D eigenvalue weighted by Crippen LogP contribution is 2.19. The molecule has 0 unspecified atom stereocenters. The Kier molecular flexibility index (Phi) is 4.34. The Bertz CT molecular complexity index is 535. The average Bonchev–Trinajstić information content (AvgIpc) is 2.43. The molecule has 0 amide bonds. The largest absolute Gasteiger partial charge is 0.357 e. The molecule has 0 fully saturated rings. The highest BCUT2D eigenvalue weighted by Gasteiger charge is 2.06. The molecule has 0 aliphatic carbocycles. The van der Waals surface area contributed by atoms with Crippen molar-refractivity contribution >= 4 is 17.5 Å². The van der Waals surface area contributed by atoms with E-state index in [2.05, 4.69) is 47.0 Å². The van der Waals surface area contributed by atoms with Crippen LogP contribution in [0.2, 0.25) is 0 Å². The SMILES string of the molecule is CCN(CC)c1ccnc(Nc2ccccc2C)n1. The van der Waals surface area contributed by atoms with Crippen LogP contribution in [0.5, 0.6) is 0 Å². The second-order valence-electron chi connectivity index (χ2n) is 4.35. The van der Waals surface area contributed by atoms with Crippen molar-refractivity contribution in [2.75, 3.05) is 23.3 Å². The van der Waals surface area contributed by atoms with E-state index >= 15 is 0 Å². The molecule has 0 aliphatic heterocycles. The molecule has 0 aliphatic rings. The van der Waals surface area contributed by atoms with Crippen molar-refractivity contribution in [2.45, 2.75) is 20.8 Å². The van der Waals surface area contributed by atoms with E-state index in [1.807, 2.05) is 24.3 Å². The van der Waals surface area contributed by atoms with E-state index in [-0.39, 0.29) is 0 Å². The van der Waals surface area contributed by atoms with Crippen LogP contribution in [0.4, 0.5) is 17.5 Å². The fraction of sp³-hybridized carbons (Fsp3) is 0.333. The first-order valence-electron chi connectivity index (χ1n) is 6.65. The number of aryl methyl sites for hydroxylation is 1. The number of nitrogens with zero attached hydrogens (tertiary/aromatic N) is 3. The Hall–Kier alpha value is -2.10. The fourth-order valence-corrected chi connectivity index (χ4v) is 1.97. The van der Waals surface area contributed by atoms with Gasteiger partial charge in [-0.25, -0.2) is 4.98 Å². The van der Waals surface area contributed by atoms with Crippen molar-refractivity contribution in [3.8, 4) is 0 Å². The van der Waals surface area contributed by atoms with E-state index in [4.69, 9.17) is 0 Å². The van der Waals surface area contributed by atoms with E-state index in [9.17, 15) is 0 Å². The van der Waals surface area contributed by atoms with Gasteiger partial charge >= 0.3 is 0 Å². The smallest absolute Gasteiger partial charge is 0.229 e. The first-order valence-corrected chi connectivity index (χ1v) is 6.65. The summed E-state index contributed by atoms with van der Waals surface area (Å²) >= 11 is 0. The van der Waals surface area contributed by atoms with Gasteiger partial charge in [0.1, 0.15) is 5.82 Å². The summed E-state index contributed by atoms with van der Waals surface area (Å²) in [5.41, 5.74) is 2.22. The number of nitrogens with one attached hydrogen (secondary N) is 1. The molecule has 1 aromatic carbocycles. The van der Waals surface area contributed by atoms with Gasteiger partial charge in [-0.05, 0) is 38.5 Å². The molecule has 2 rings (SSSR count). The van der Waals surface area contributed by atoms with Crippen LogP contribution in [0.25, 0.3) is 0 Å². The normalized spacial score (nSPS) is 10.3. The first kappa shape index (κ1) is 13.3. The molecule has 1 heterocycles. The van der Waals surface area contributed by atoms with Crippen molar-refractivity contribution in [1.82, 2.24) is 9.97 Å². The number of aromatic nitrogens is 2. The highest BCUT2D eigenvalue weighted by atomic mass is 15.2. The summed E-state index contributed by atoms with van der Waals surface area (Å²) in [6, 6.07) is 10.1. The topological polar surface area (TPSA) is 41.1 Å². The van der Waals surface area contributed by atoms with Crippen molar-refractivity contribution in [2.24, 2.45) is 0 Å². The number of rotatable bonds is 5. The van der Waals surface area contributed by atoms with Crippen molar-refractivity contribution in [3.63, 3.8) is 0 Å². The molecule has 0 radical (unpaired) electrons. The first-order chi connectivity index (χ1) is 9.24. The Labute approximate surface area is 114 Å². The molecule has 19 heavy (non-hydrogen) atoms. The summed E-state index contributed by atoms with van der Waals surface area (Å²) in [5, 5.41) is 3.27. The molecule has 1 N–H and O–H groups in total. The summed E-state index contributed by atoms with van der Waals surface area (Å²) in [4.78, 5) is 11.0. The maximum atomic E-state index is 4.55. The predicted molar refractivity (Wildman–Crippen MR) is 80.1 cm³/mol. The van der Waals surface area contributed by atoms with Gasteiger partial charge in [-0.2, -0.15) is 4.98 Å². The number of hydrogen-bond acceptors (Lipinski definition) is 4. The van der Waals surface area contributed by atoms with Crippen molar-refractivity contribution < 1.29 is 0 Å². The average molecular weight is 256 g/mol. The zero-order valence-electron chi connectivity index (χ0n) is 11.7. The maximum Gasteiger partial charge on any atom is 0.229 e. The summed E-state index contributed by atoms with van der Waals surface area (Å²) in [6.45, 7) is 8.20. The van der Waals surface area contributed by atoms with Gasteiger partial charge < -0.3 is 10.2 Å². The van der Waals surface area contributed by atoms with Gasteiger partial charge in [-0.1, -0.05) is 18.2 Å². The van der Waals surface area contributed by atoms with Crippen LogP contribution in [0, 0.1) is 6.92 Å². The minimum absolute atomic E-state index is 0.638. The minimum atomic E-state index is 0.638. The lowest BCUT2D eigenvalue weighted by molar-refractivity contribution is 0.843. The molecule has 4 nitrogen and oxygen atoms in total. The van der Waals surface area contributed by atoms with Crippen LogP contribution >= 0.6 is 0 Å². The Morgan fingerprint density at radius 2 is 1.84 bits per heavy atom. The number of benzene rings is 1. The number of para-hydroxylation sites is 1. The van der Waals surface area contributed by atoms with Gasteiger partial charge in [-0.15, -0.1) is 0 Å². The van der Waals surface area contributed by atoms with E-state index < -0.39 is 0 Å². The standard InChI is InChI=1S/C15H20N4/c1-4-19(5-2)14-10-11-16-15(18-14)17-13-9-7-6-8-12(13)3/h6-11H,4-5H2,1-3H3,(H,16,17,18). The molecular formula is C15H20N4. The second-order valence-corrected chi connectivity index (χ2v) is 4.35. The summed E-state index contributed by atoms with van der Waals surface area (Å²) in [6.07, 6.45) is 1.79. The quantitative estimate of drug-likeness (QED) is 0.890. The van der Waals surface area contributed by atoms with Gasteiger partial charge in [0.25, 0.3) is 0 Å². The molecule has 0 spiro atoms. The van der Waals surface area contributed by atoms with E-state index in [0.29, 0.717) is 5.95 Å². The van der Waals surface area contributed by atoms with Gasteiger partial charge in [-0.3, -0.25) is 0 Å². The van der Waals surface area contributed by atoms with Crippen LogP contribution in [0.15, 0.2) is 36.5 Å². The lowest BCUT2D eigenvalue weighted by atomic mass is 10.2. The zero-order chi connectivity index (χ0) is 13.7. The molecule has 100 valence electrons. The Balaban J connectivity index is 2.22. The Morgan fingerprint density at radius 1 is 1.11 bits per heavy atom. The summed E-state index contributed by atoms with van der Waals surface area (Å²) < 4.78 is 0. The van der Waals surface area contributed by atoms with E-state index in [0.717, 1.165) is 24.6 Å². The van der Waals surface area contributed by atoms with Crippen LogP contribution < -0.4 is 10.2 Å². The third kappa shape index (κ3) is 3.22. The molecule has 0 saturated heterocycles. The minimum Gasteiger partial charge on any atom is -0.357 e. The number of anilines is 3. The molecular weight excluding hydrogens is 236 g/mol. The third-order valence-corrected chi connectivity index (χ3v) is 3.12. The van der Waals surface area contributed by atoms with Crippen molar-refractivity contribution in [3.05, 3.63) is 42.1 Å². The predicted octanol–water partition coefficient (Wildman–Crippen LogP) is 3.37. The van der Waals surface area contributed by atoms with Crippen LogP contribution in [-0.2, 0) is 0 Å². The van der Waals surface area contributed by atoms with Gasteiger partial charge in [0.05, 0.1) is 0 Å². The van der Waals surface area contributed by atoms with Crippen LogP contribution in [0.3, 0.4) is 0 Å². The van der Waals surface area contributed by atoms with Gasteiger partial charge in [0.15, 0.2) is 0 Å². The lowest BCUT2D eigenvalue weighted by Crippen LogP contribution is -2.23. The highest BCUT2D eigenvalue weighted by molar-refractivity contribution is 5.58. The molecule has 0 atom stereocenters. The van der Waals surface area contributed by atoms with Crippen LogP contribution in [-0.4, -0.2) is 23.1 Å². The van der Waals surface area contributed by atoms with Gasteiger partial charge in [0, 0.05) is 25.0 Å². The van der Waals surface area contributed by atoms with E-state index in [1.54, 1.807) is 6.20 Å². The second kappa shape index (κ2) is 6.18. The maximum absolute atomic E-state index is 4.55. The molecule has 1 aromatic heterocycles. The van der Waals surface area contributed by atoms with E-state index in [1.165, 1.54) is 5.56 Å². The zero-order valence-corrected chi connectivity index (χ0v) is 11.7. The van der Waals surface area contributed by atoms with Gasteiger partial charge in [0.2, 0.25) is 5.95 Å². The molecule has 0 bridgehead atoms. The molecule has 4 heteroatoms. The molecule has 0 saturated carbocycles. The Morgan fingerprint density at radius 3 is 2.53 bits per heavy atom.